The molecule has 0 amide bonds. The van der Waals surface area contributed by atoms with Crippen molar-refractivity contribution in [1.29, 1.82) is 0 Å². The summed E-state index contributed by atoms with van der Waals surface area (Å²) >= 11 is 0. The van der Waals surface area contributed by atoms with Gasteiger partial charge in [-0.2, -0.15) is 4.31 Å². The Morgan fingerprint density at radius 3 is 2.58 bits per heavy atom. The minimum Gasteiger partial charge on any atom is -0.507 e. The molecule has 0 spiro atoms. The first-order chi connectivity index (χ1) is 8.82. The van der Waals surface area contributed by atoms with Gasteiger partial charge in [0, 0.05) is 13.1 Å². The Labute approximate surface area is 109 Å². The number of aliphatic hydroxyl groups is 1. The normalized spacial score (nSPS) is 20.6. The summed E-state index contributed by atoms with van der Waals surface area (Å²) in [4.78, 5) is 10.7. The van der Waals surface area contributed by atoms with Crippen molar-refractivity contribution in [2.45, 2.75) is 17.4 Å². The predicted molar refractivity (Wildman–Crippen MR) is 64.4 cm³/mol. The molecule has 7 nitrogen and oxygen atoms in total. The Morgan fingerprint density at radius 2 is 2.05 bits per heavy atom. The summed E-state index contributed by atoms with van der Waals surface area (Å²) in [6, 6.07) is 3.09. The van der Waals surface area contributed by atoms with Crippen LogP contribution in [0.4, 0.5) is 0 Å². The molecule has 8 heteroatoms. The number of aliphatic hydroxyl groups excluding tert-OH is 1. The molecule has 1 fully saturated rings. The van der Waals surface area contributed by atoms with Crippen molar-refractivity contribution in [2.75, 3.05) is 13.1 Å². The molecule has 1 aromatic rings. The van der Waals surface area contributed by atoms with E-state index >= 15 is 0 Å². The van der Waals surface area contributed by atoms with Crippen LogP contribution in [0.3, 0.4) is 0 Å². The van der Waals surface area contributed by atoms with E-state index in [1.165, 1.54) is 0 Å². The maximum Gasteiger partial charge on any atom is 0.339 e. The zero-order chi connectivity index (χ0) is 14.2. The van der Waals surface area contributed by atoms with Gasteiger partial charge in [0.2, 0.25) is 10.0 Å². The minimum absolute atomic E-state index is 0.00832. The van der Waals surface area contributed by atoms with Gasteiger partial charge in [0.15, 0.2) is 0 Å². The van der Waals surface area contributed by atoms with Crippen LogP contribution < -0.4 is 0 Å². The fraction of sp³-hybridized carbons (Fsp3) is 0.364. The van der Waals surface area contributed by atoms with Gasteiger partial charge in [-0.3, -0.25) is 0 Å². The second-order valence-electron chi connectivity index (χ2n) is 4.29. The molecule has 1 heterocycles. The number of hydrogen-bond acceptors (Lipinski definition) is 5. The number of aromatic hydroxyl groups is 1. The third-order valence-electron chi connectivity index (χ3n) is 2.96. The molecule has 1 aliphatic heterocycles. The Hall–Kier alpha value is -1.64. The molecule has 0 saturated carbocycles. The van der Waals surface area contributed by atoms with Crippen molar-refractivity contribution >= 4 is 16.0 Å². The number of carboxylic acids is 1. The molecule has 1 unspecified atom stereocenters. The van der Waals surface area contributed by atoms with E-state index in [-0.39, 0.29) is 18.0 Å². The lowest BCUT2D eigenvalue weighted by Gasteiger charge is -2.16. The first-order valence-corrected chi connectivity index (χ1v) is 7.01. The highest BCUT2D eigenvalue weighted by molar-refractivity contribution is 7.89. The summed E-state index contributed by atoms with van der Waals surface area (Å²) in [5.74, 6) is -1.90. The van der Waals surface area contributed by atoms with Gasteiger partial charge in [-0.05, 0) is 24.6 Å². The molecule has 0 aromatic heterocycles. The lowest BCUT2D eigenvalue weighted by molar-refractivity contribution is 0.0693. The zero-order valence-corrected chi connectivity index (χ0v) is 10.7. The van der Waals surface area contributed by atoms with Crippen molar-refractivity contribution in [3.63, 3.8) is 0 Å². The number of nitrogens with zero attached hydrogens (tertiary/aromatic N) is 1. The highest BCUT2D eigenvalue weighted by atomic mass is 32.2. The third-order valence-corrected chi connectivity index (χ3v) is 4.82. The summed E-state index contributed by atoms with van der Waals surface area (Å²) < 4.78 is 25.5. The molecule has 2 rings (SSSR count). The molecule has 1 aromatic carbocycles. The molecule has 104 valence electrons. The number of benzene rings is 1. The summed E-state index contributed by atoms with van der Waals surface area (Å²) in [6.45, 7) is 0.179. The van der Waals surface area contributed by atoms with Gasteiger partial charge < -0.3 is 15.3 Å². The SMILES string of the molecule is O=C(O)c1cc(S(=O)(=O)N2CCC(O)C2)ccc1O. The van der Waals surface area contributed by atoms with E-state index in [0.717, 1.165) is 22.5 Å². The van der Waals surface area contributed by atoms with Gasteiger partial charge in [0.05, 0.1) is 11.0 Å². The standard InChI is InChI=1S/C11H13NO6S/c13-7-3-4-12(6-7)19(17,18)8-1-2-10(14)9(5-8)11(15)16/h1-2,5,7,13-14H,3-4,6H2,(H,15,16). The van der Waals surface area contributed by atoms with E-state index in [9.17, 15) is 23.4 Å². The van der Waals surface area contributed by atoms with E-state index in [1.807, 2.05) is 0 Å². The number of carboxylic acid groups (broad SMARTS) is 1. The van der Waals surface area contributed by atoms with Gasteiger partial charge >= 0.3 is 5.97 Å². The van der Waals surface area contributed by atoms with E-state index in [4.69, 9.17) is 5.11 Å². The molecule has 0 radical (unpaired) electrons. The molecule has 0 aliphatic carbocycles. The zero-order valence-electron chi connectivity index (χ0n) is 9.85. The molecule has 0 bridgehead atoms. The number of aromatic carboxylic acids is 1. The van der Waals surface area contributed by atoms with E-state index in [2.05, 4.69) is 0 Å². The maximum atomic E-state index is 12.2. The van der Waals surface area contributed by atoms with Crippen LogP contribution >= 0.6 is 0 Å². The first kappa shape index (κ1) is 13.8. The lowest BCUT2D eigenvalue weighted by Crippen LogP contribution is -2.29. The predicted octanol–water partition coefficient (Wildman–Crippen LogP) is -0.154. The number of carbonyl (C=O) groups is 1. The quantitative estimate of drug-likeness (QED) is 0.712. The number of rotatable bonds is 3. The lowest BCUT2D eigenvalue weighted by atomic mass is 10.2. The molecular weight excluding hydrogens is 274 g/mol. The number of β-amino-alcohol motifs (C(OH)–C–C–N with tert-alkyl or cyclic N) is 1. The van der Waals surface area contributed by atoms with Crippen molar-refractivity contribution in [2.24, 2.45) is 0 Å². The Balaban J connectivity index is 2.41. The van der Waals surface area contributed by atoms with Crippen molar-refractivity contribution < 1.29 is 28.5 Å². The Morgan fingerprint density at radius 1 is 1.37 bits per heavy atom. The second kappa shape index (κ2) is 4.80. The van der Waals surface area contributed by atoms with Crippen LogP contribution in [-0.4, -0.2) is 53.2 Å². The monoisotopic (exact) mass is 287 g/mol. The van der Waals surface area contributed by atoms with Crippen LogP contribution in [0.2, 0.25) is 0 Å². The van der Waals surface area contributed by atoms with Gasteiger partial charge in [0.1, 0.15) is 11.3 Å². The van der Waals surface area contributed by atoms with Crippen LogP contribution in [0.15, 0.2) is 23.1 Å². The van der Waals surface area contributed by atoms with Crippen LogP contribution in [0, 0.1) is 0 Å². The molecule has 1 atom stereocenters. The molecule has 19 heavy (non-hydrogen) atoms. The topological polar surface area (TPSA) is 115 Å². The Bertz CT molecular complexity index is 612. The first-order valence-electron chi connectivity index (χ1n) is 5.57. The number of sulfonamides is 1. The smallest absolute Gasteiger partial charge is 0.339 e. The van der Waals surface area contributed by atoms with Gasteiger partial charge in [-0.15, -0.1) is 0 Å². The summed E-state index contributed by atoms with van der Waals surface area (Å²) in [7, 11) is -3.85. The van der Waals surface area contributed by atoms with Crippen molar-refractivity contribution in [1.82, 2.24) is 4.31 Å². The second-order valence-corrected chi connectivity index (χ2v) is 6.23. The summed E-state index contributed by atoms with van der Waals surface area (Å²) in [5, 5.41) is 27.6. The van der Waals surface area contributed by atoms with Crippen molar-refractivity contribution in [3.05, 3.63) is 23.8 Å². The Kier molecular flexibility index (Phi) is 3.48. The van der Waals surface area contributed by atoms with Gasteiger partial charge in [-0.25, -0.2) is 13.2 Å². The van der Waals surface area contributed by atoms with E-state index in [0.29, 0.717) is 6.42 Å². The molecular formula is C11H13NO6S. The minimum atomic E-state index is -3.85. The van der Waals surface area contributed by atoms with Crippen LogP contribution in [-0.2, 0) is 10.0 Å². The van der Waals surface area contributed by atoms with Crippen LogP contribution in [0.1, 0.15) is 16.8 Å². The average molecular weight is 287 g/mol. The number of phenols is 1. The average Bonchev–Trinajstić information content (AvgIpc) is 2.76. The van der Waals surface area contributed by atoms with Gasteiger partial charge in [-0.1, -0.05) is 0 Å². The molecule has 1 aliphatic rings. The van der Waals surface area contributed by atoms with Gasteiger partial charge in [0.25, 0.3) is 0 Å². The highest BCUT2D eigenvalue weighted by Gasteiger charge is 2.32. The van der Waals surface area contributed by atoms with Crippen LogP contribution in [0.25, 0.3) is 0 Å². The maximum absolute atomic E-state index is 12.2. The fourth-order valence-corrected chi connectivity index (χ4v) is 3.44. The summed E-state index contributed by atoms with van der Waals surface area (Å²) in [5.41, 5.74) is -0.471. The highest BCUT2D eigenvalue weighted by Crippen LogP contribution is 2.25. The van der Waals surface area contributed by atoms with E-state index in [1.54, 1.807) is 0 Å². The fourth-order valence-electron chi connectivity index (χ4n) is 1.92. The van der Waals surface area contributed by atoms with Crippen LogP contribution in [0.5, 0.6) is 5.75 Å². The third kappa shape index (κ3) is 2.55. The van der Waals surface area contributed by atoms with Crippen molar-refractivity contribution in [3.8, 4) is 5.75 Å². The molecule has 3 N–H and O–H groups in total. The van der Waals surface area contributed by atoms with E-state index < -0.39 is 33.4 Å². The molecule has 1 saturated heterocycles. The summed E-state index contributed by atoms with van der Waals surface area (Å²) in [6.07, 6.45) is -0.353. The number of hydrogen-bond donors (Lipinski definition) is 3. The largest absolute Gasteiger partial charge is 0.507 e.